The Bertz CT molecular complexity index is 1010. The SMILES string of the molecule is CC(C(=O)NC1CC1)N1CCN(c2nc(-c3ccsc3)nc3ccccc23)CC1. The average molecular weight is 408 g/mol. The quantitative estimate of drug-likeness (QED) is 0.704. The van der Waals surface area contributed by atoms with Crippen molar-refractivity contribution in [2.45, 2.75) is 31.8 Å². The van der Waals surface area contributed by atoms with Crippen LogP contribution in [0.5, 0.6) is 0 Å². The molecule has 1 aliphatic heterocycles. The number of hydrogen-bond acceptors (Lipinski definition) is 6. The van der Waals surface area contributed by atoms with Crippen LogP contribution in [0.1, 0.15) is 19.8 Å². The van der Waals surface area contributed by atoms with Crippen molar-refractivity contribution >= 4 is 34.0 Å². The summed E-state index contributed by atoms with van der Waals surface area (Å²) >= 11 is 1.66. The molecule has 1 saturated carbocycles. The van der Waals surface area contributed by atoms with Gasteiger partial charge in [0, 0.05) is 48.6 Å². The van der Waals surface area contributed by atoms with E-state index in [0.717, 1.165) is 67.1 Å². The highest BCUT2D eigenvalue weighted by molar-refractivity contribution is 7.08. The molecule has 2 fully saturated rings. The van der Waals surface area contributed by atoms with E-state index >= 15 is 0 Å². The molecule has 0 radical (unpaired) electrons. The maximum atomic E-state index is 12.4. The Morgan fingerprint density at radius 3 is 2.66 bits per heavy atom. The molecule has 1 N–H and O–H groups in total. The Hall–Kier alpha value is -2.51. The molecule has 5 rings (SSSR count). The average Bonchev–Trinajstić information content (AvgIpc) is 3.40. The summed E-state index contributed by atoms with van der Waals surface area (Å²) in [6.07, 6.45) is 2.25. The summed E-state index contributed by atoms with van der Waals surface area (Å²) in [4.78, 5) is 26.7. The van der Waals surface area contributed by atoms with E-state index in [-0.39, 0.29) is 11.9 Å². The van der Waals surface area contributed by atoms with Crippen molar-refractivity contribution in [3.8, 4) is 11.4 Å². The number of para-hydroxylation sites is 1. The molecule has 2 aromatic heterocycles. The zero-order valence-electron chi connectivity index (χ0n) is 16.5. The fourth-order valence-corrected chi connectivity index (χ4v) is 4.49. The van der Waals surface area contributed by atoms with Crippen molar-refractivity contribution in [1.29, 1.82) is 0 Å². The van der Waals surface area contributed by atoms with Gasteiger partial charge in [-0.15, -0.1) is 0 Å². The first-order valence-corrected chi connectivity index (χ1v) is 11.2. The minimum absolute atomic E-state index is 0.0822. The molecule has 1 aromatic carbocycles. The van der Waals surface area contributed by atoms with Crippen LogP contribution < -0.4 is 10.2 Å². The predicted octanol–water partition coefficient (Wildman–Crippen LogP) is 3.15. The van der Waals surface area contributed by atoms with Crippen LogP contribution in [0.2, 0.25) is 0 Å². The van der Waals surface area contributed by atoms with Gasteiger partial charge in [0.05, 0.1) is 11.6 Å². The van der Waals surface area contributed by atoms with Gasteiger partial charge in [-0.1, -0.05) is 12.1 Å². The van der Waals surface area contributed by atoms with Gasteiger partial charge in [-0.3, -0.25) is 9.69 Å². The van der Waals surface area contributed by atoms with E-state index in [0.29, 0.717) is 6.04 Å². The molecule has 0 spiro atoms. The van der Waals surface area contributed by atoms with Crippen LogP contribution in [0.3, 0.4) is 0 Å². The van der Waals surface area contributed by atoms with Crippen molar-refractivity contribution in [1.82, 2.24) is 20.2 Å². The lowest BCUT2D eigenvalue weighted by atomic mass is 10.1. The van der Waals surface area contributed by atoms with E-state index in [1.807, 2.05) is 19.1 Å². The van der Waals surface area contributed by atoms with Gasteiger partial charge in [0.2, 0.25) is 5.91 Å². The number of anilines is 1. The number of carbonyl (C=O) groups excluding carboxylic acids is 1. The zero-order chi connectivity index (χ0) is 19.8. The second-order valence-corrected chi connectivity index (χ2v) is 8.66. The second kappa shape index (κ2) is 7.72. The molecule has 1 aliphatic carbocycles. The molecular formula is C22H25N5OS. The first-order chi connectivity index (χ1) is 14.2. The largest absolute Gasteiger partial charge is 0.353 e. The molecule has 1 unspecified atom stereocenters. The Kier molecular flexibility index (Phi) is 4.93. The number of aromatic nitrogens is 2. The number of nitrogens with zero attached hydrogens (tertiary/aromatic N) is 4. The van der Waals surface area contributed by atoms with E-state index in [9.17, 15) is 4.79 Å². The molecule has 1 saturated heterocycles. The van der Waals surface area contributed by atoms with Gasteiger partial charge in [-0.05, 0) is 43.3 Å². The van der Waals surface area contributed by atoms with Crippen LogP contribution in [0, 0.1) is 0 Å². The van der Waals surface area contributed by atoms with Crippen molar-refractivity contribution < 1.29 is 4.79 Å². The van der Waals surface area contributed by atoms with Gasteiger partial charge in [-0.2, -0.15) is 11.3 Å². The van der Waals surface area contributed by atoms with Gasteiger partial charge < -0.3 is 10.2 Å². The number of rotatable bonds is 5. The summed E-state index contributed by atoms with van der Waals surface area (Å²) in [6, 6.07) is 10.6. The Balaban J connectivity index is 1.36. The van der Waals surface area contributed by atoms with Gasteiger partial charge in [0.25, 0.3) is 0 Å². The topological polar surface area (TPSA) is 61.4 Å². The third-order valence-electron chi connectivity index (χ3n) is 5.83. The molecular weight excluding hydrogens is 382 g/mol. The number of piperazine rings is 1. The molecule has 7 heteroatoms. The highest BCUT2D eigenvalue weighted by atomic mass is 32.1. The minimum Gasteiger partial charge on any atom is -0.353 e. The monoisotopic (exact) mass is 407 g/mol. The molecule has 3 aromatic rings. The molecule has 1 atom stereocenters. The highest BCUT2D eigenvalue weighted by Crippen LogP contribution is 2.29. The lowest BCUT2D eigenvalue weighted by Gasteiger charge is -2.38. The van der Waals surface area contributed by atoms with Gasteiger partial charge >= 0.3 is 0 Å². The fraction of sp³-hybridized carbons (Fsp3) is 0.409. The minimum atomic E-state index is -0.0822. The first kappa shape index (κ1) is 18.5. The van der Waals surface area contributed by atoms with Crippen molar-refractivity contribution in [3.05, 3.63) is 41.1 Å². The molecule has 0 bridgehead atoms. The van der Waals surface area contributed by atoms with Crippen LogP contribution in [-0.4, -0.2) is 59.0 Å². The molecule has 2 aliphatic rings. The van der Waals surface area contributed by atoms with Crippen LogP contribution in [0.25, 0.3) is 22.3 Å². The van der Waals surface area contributed by atoms with Crippen molar-refractivity contribution in [3.63, 3.8) is 0 Å². The Morgan fingerprint density at radius 2 is 1.93 bits per heavy atom. The van der Waals surface area contributed by atoms with Crippen LogP contribution in [-0.2, 0) is 4.79 Å². The Morgan fingerprint density at radius 1 is 1.14 bits per heavy atom. The fourth-order valence-electron chi connectivity index (χ4n) is 3.86. The van der Waals surface area contributed by atoms with Crippen LogP contribution in [0.15, 0.2) is 41.1 Å². The maximum absolute atomic E-state index is 12.4. The molecule has 29 heavy (non-hydrogen) atoms. The number of fused-ring (bicyclic) bond motifs is 1. The summed E-state index contributed by atoms with van der Waals surface area (Å²) in [5.74, 6) is 1.93. The Labute approximate surface area is 174 Å². The predicted molar refractivity (Wildman–Crippen MR) is 117 cm³/mol. The number of carbonyl (C=O) groups is 1. The third-order valence-corrected chi connectivity index (χ3v) is 6.51. The summed E-state index contributed by atoms with van der Waals surface area (Å²) in [7, 11) is 0. The normalized spacial score (nSPS) is 18.7. The second-order valence-electron chi connectivity index (χ2n) is 7.88. The summed E-state index contributed by atoms with van der Waals surface area (Å²) in [6.45, 7) is 5.43. The molecule has 1 amide bonds. The zero-order valence-corrected chi connectivity index (χ0v) is 17.4. The summed E-state index contributed by atoms with van der Waals surface area (Å²) < 4.78 is 0. The van der Waals surface area contributed by atoms with E-state index in [4.69, 9.17) is 9.97 Å². The van der Waals surface area contributed by atoms with Crippen molar-refractivity contribution in [2.24, 2.45) is 0 Å². The lowest BCUT2D eigenvalue weighted by Crippen LogP contribution is -2.54. The van der Waals surface area contributed by atoms with Crippen LogP contribution in [0.4, 0.5) is 5.82 Å². The standard InChI is InChI=1S/C22H25N5OS/c1-15(22(28)23-17-6-7-17)26-9-11-27(12-10-26)21-18-4-2-3-5-19(18)24-20(25-21)16-8-13-29-14-16/h2-5,8,13-15,17H,6-7,9-12H2,1H3,(H,23,28). The maximum Gasteiger partial charge on any atom is 0.237 e. The first-order valence-electron chi connectivity index (χ1n) is 10.3. The number of hydrogen-bond donors (Lipinski definition) is 1. The van der Waals surface area contributed by atoms with Crippen LogP contribution >= 0.6 is 11.3 Å². The van der Waals surface area contributed by atoms with Gasteiger partial charge in [0.1, 0.15) is 5.82 Å². The highest BCUT2D eigenvalue weighted by Gasteiger charge is 2.30. The molecule has 3 heterocycles. The lowest BCUT2D eigenvalue weighted by molar-refractivity contribution is -0.126. The molecule has 150 valence electrons. The molecule has 6 nitrogen and oxygen atoms in total. The number of nitrogens with one attached hydrogen (secondary N) is 1. The van der Waals surface area contributed by atoms with Gasteiger partial charge in [0.15, 0.2) is 5.82 Å². The summed E-state index contributed by atoms with van der Waals surface area (Å²) in [5.41, 5.74) is 2.03. The summed E-state index contributed by atoms with van der Waals surface area (Å²) in [5, 5.41) is 8.36. The van der Waals surface area contributed by atoms with E-state index in [2.05, 4.69) is 44.1 Å². The third kappa shape index (κ3) is 3.84. The van der Waals surface area contributed by atoms with E-state index in [1.165, 1.54) is 0 Å². The number of benzene rings is 1. The van der Waals surface area contributed by atoms with E-state index in [1.54, 1.807) is 11.3 Å². The smallest absolute Gasteiger partial charge is 0.237 e. The number of thiophene rings is 1. The van der Waals surface area contributed by atoms with Crippen molar-refractivity contribution in [2.75, 3.05) is 31.1 Å². The van der Waals surface area contributed by atoms with Gasteiger partial charge in [-0.25, -0.2) is 9.97 Å². The van der Waals surface area contributed by atoms with E-state index < -0.39 is 0 Å². The number of amides is 1.